The number of aromatic amines is 1. The monoisotopic (exact) mass is 259 g/mol. The molecule has 19 heavy (non-hydrogen) atoms. The normalized spacial score (nSPS) is 20.6. The number of carbonyl (C=O) groups excluding carboxylic acids is 1. The molecule has 5 heteroatoms. The zero-order valence-electron chi connectivity index (χ0n) is 10.8. The van der Waals surface area contributed by atoms with Crippen LogP contribution >= 0.6 is 0 Å². The van der Waals surface area contributed by atoms with Crippen molar-refractivity contribution in [3.63, 3.8) is 0 Å². The SMILES string of the molecule is CC(NC(=O)c1n[nH]c2ccccc12)C1CCOC1. The minimum atomic E-state index is -0.128. The highest BCUT2D eigenvalue weighted by Crippen LogP contribution is 2.18. The van der Waals surface area contributed by atoms with E-state index < -0.39 is 0 Å². The standard InChI is InChI=1S/C14H17N3O2/c1-9(10-6-7-19-8-10)15-14(18)13-11-4-2-3-5-12(11)16-17-13/h2-5,9-10H,6-8H2,1H3,(H,15,18)(H,16,17). The third kappa shape index (κ3) is 2.33. The number of hydrogen-bond acceptors (Lipinski definition) is 3. The lowest BCUT2D eigenvalue weighted by molar-refractivity contribution is 0.0918. The molecule has 0 saturated carbocycles. The van der Waals surface area contributed by atoms with E-state index in [4.69, 9.17) is 4.74 Å². The molecule has 1 aliphatic heterocycles. The highest BCUT2D eigenvalue weighted by molar-refractivity contribution is 6.04. The maximum absolute atomic E-state index is 12.3. The van der Waals surface area contributed by atoms with Crippen molar-refractivity contribution in [1.82, 2.24) is 15.5 Å². The van der Waals surface area contributed by atoms with Crippen LogP contribution in [0.4, 0.5) is 0 Å². The van der Waals surface area contributed by atoms with Gasteiger partial charge in [0.05, 0.1) is 12.1 Å². The van der Waals surface area contributed by atoms with E-state index in [-0.39, 0.29) is 11.9 Å². The smallest absolute Gasteiger partial charge is 0.272 e. The van der Waals surface area contributed by atoms with Crippen molar-refractivity contribution in [3.8, 4) is 0 Å². The fourth-order valence-electron chi connectivity index (χ4n) is 2.48. The fourth-order valence-corrected chi connectivity index (χ4v) is 2.48. The van der Waals surface area contributed by atoms with E-state index in [1.807, 2.05) is 31.2 Å². The minimum Gasteiger partial charge on any atom is -0.381 e. The molecule has 0 radical (unpaired) electrons. The molecule has 2 atom stereocenters. The van der Waals surface area contributed by atoms with Gasteiger partial charge in [-0.05, 0) is 19.4 Å². The van der Waals surface area contributed by atoms with Crippen LogP contribution in [0.5, 0.6) is 0 Å². The molecular weight excluding hydrogens is 242 g/mol. The highest BCUT2D eigenvalue weighted by atomic mass is 16.5. The van der Waals surface area contributed by atoms with Gasteiger partial charge in [0, 0.05) is 24.0 Å². The fraction of sp³-hybridized carbons (Fsp3) is 0.429. The molecule has 2 unspecified atom stereocenters. The average molecular weight is 259 g/mol. The molecule has 100 valence electrons. The number of para-hydroxylation sites is 1. The van der Waals surface area contributed by atoms with Crippen molar-refractivity contribution in [2.75, 3.05) is 13.2 Å². The van der Waals surface area contributed by atoms with Gasteiger partial charge in [-0.25, -0.2) is 0 Å². The predicted octanol–water partition coefficient (Wildman–Crippen LogP) is 1.72. The summed E-state index contributed by atoms with van der Waals surface area (Å²) in [6.07, 6.45) is 1.00. The summed E-state index contributed by atoms with van der Waals surface area (Å²) in [5.41, 5.74) is 1.34. The second-order valence-corrected chi connectivity index (χ2v) is 5.00. The summed E-state index contributed by atoms with van der Waals surface area (Å²) in [4.78, 5) is 12.3. The van der Waals surface area contributed by atoms with Crippen molar-refractivity contribution < 1.29 is 9.53 Å². The van der Waals surface area contributed by atoms with E-state index in [1.165, 1.54) is 0 Å². The summed E-state index contributed by atoms with van der Waals surface area (Å²) in [5, 5.41) is 10.9. The van der Waals surface area contributed by atoms with Gasteiger partial charge >= 0.3 is 0 Å². The Morgan fingerprint density at radius 3 is 3.16 bits per heavy atom. The second-order valence-electron chi connectivity index (χ2n) is 5.00. The summed E-state index contributed by atoms with van der Waals surface area (Å²) >= 11 is 0. The summed E-state index contributed by atoms with van der Waals surface area (Å²) < 4.78 is 5.35. The van der Waals surface area contributed by atoms with E-state index in [9.17, 15) is 4.79 Å². The van der Waals surface area contributed by atoms with Crippen LogP contribution < -0.4 is 5.32 Å². The Labute approximate surface area is 111 Å². The molecule has 1 aromatic carbocycles. The van der Waals surface area contributed by atoms with Crippen molar-refractivity contribution in [3.05, 3.63) is 30.0 Å². The quantitative estimate of drug-likeness (QED) is 0.882. The van der Waals surface area contributed by atoms with Crippen molar-refractivity contribution >= 4 is 16.8 Å². The molecule has 1 aromatic heterocycles. The first-order chi connectivity index (χ1) is 9.25. The number of carbonyl (C=O) groups is 1. The Morgan fingerprint density at radius 1 is 1.53 bits per heavy atom. The Kier molecular flexibility index (Phi) is 3.21. The second kappa shape index (κ2) is 5.01. The van der Waals surface area contributed by atoms with Gasteiger partial charge in [0.1, 0.15) is 0 Å². The Morgan fingerprint density at radius 2 is 2.37 bits per heavy atom. The molecule has 3 rings (SSSR count). The van der Waals surface area contributed by atoms with Crippen LogP contribution in [0.1, 0.15) is 23.8 Å². The topological polar surface area (TPSA) is 67.0 Å². The van der Waals surface area contributed by atoms with Crippen LogP contribution in [0.15, 0.2) is 24.3 Å². The molecule has 0 spiro atoms. The third-order valence-electron chi connectivity index (χ3n) is 3.72. The average Bonchev–Trinajstić information content (AvgIpc) is 3.08. The highest BCUT2D eigenvalue weighted by Gasteiger charge is 2.25. The van der Waals surface area contributed by atoms with Crippen LogP contribution in [0.2, 0.25) is 0 Å². The molecule has 1 amide bonds. The third-order valence-corrected chi connectivity index (χ3v) is 3.72. The van der Waals surface area contributed by atoms with Crippen LogP contribution in [0, 0.1) is 5.92 Å². The minimum absolute atomic E-state index is 0.102. The van der Waals surface area contributed by atoms with Gasteiger partial charge in [0.25, 0.3) is 5.91 Å². The largest absolute Gasteiger partial charge is 0.381 e. The number of benzene rings is 1. The predicted molar refractivity (Wildman–Crippen MR) is 71.9 cm³/mol. The lowest BCUT2D eigenvalue weighted by Gasteiger charge is -2.18. The molecule has 2 N–H and O–H groups in total. The van der Waals surface area contributed by atoms with Crippen LogP contribution in [-0.4, -0.2) is 35.4 Å². The molecule has 1 saturated heterocycles. The molecule has 1 aliphatic rings. The van der Waals surface area contributed by atoms with Gasteiger partial charge in [-0.1, -0.05) is 18.2 Å². The Hall–Kier alpha value is -1.88. The first-order valence-electron chi connectivity index (χ1n) is 6.57. The summed E-state index contributed by atoms with van der Waals surface area (Å²) in [7, 11) is 0. The van der Waals surface area contributed by atoms with Gasteiger partial charge < -0.3 is 10.1 Å². The van der Waals surface area contributed by atoms with E-state index >= 15 is 0 Å². The number of fused-ring (bicyclic) bond motifs is 1. The summed E-state index contributed by atoms with van der Waals surface area (Å²) in [6.45, 7) is 3.53. The van der Waals surface area contributed by atoms with Gasteiger partial charge in [-0.3, -0.25) is 9.89 Å². The van der Waals surface area contributed by atoms with Gasteiger partial charge in [-0.2, -0.15) is 5.10 Å². The number of ether oxygens (including phenoxy) is 1. The van der Waals surface area contributed by atoms with Gasteiger partial charge in [-0.15, -0.1) is 0 Å². The zero-order valence-corrected chi connectivity index (χ0v) is 10.8. The molecule has 5 nitrogen and oxygen atoms in total. The lowest BCUT2D eigenvalue weighted by atomic mass is 10.0. The van der Waals surface area contributed by atoms with Crippen molar-refractivity contribution in [2.45, 2.75) is 19.4 Å². The number of H-pyrrole nitrogens is 1. The lowest BCUT2D eigenvalue weighted by Crippen LogP contribution is -2.38. The van der Waals surface area contributed by atoms with E-state index in [1.54, 1.807) is 0 Å². The Balaban J connectivity index is 1.76. The number of aromatic nitrogens is 2. The Bertz CT molecular complexity index is 587. The number of rotatable bonds is 3. The van der Waals surface area contributed by atoms with Gasteiger partial charge in [0.2, 0.25) is 0 Å². The van der Waals surface area contributed by atoms with E-state index in [0.717, 1.165) is 30.5 Å². The molecule has 2 aromatic rings. The van der Waals surface area contributed by atoms with E-state index in [2.05, 4.69) is 15.5 Å². The molecular formula is C14H17N3O2. The number of hydrogen-bond donors (Lipinski definition) is 2. The van der Waals surface area contributed by atoms with Crippen LogP contribution in [0.3, 0.4) is 0 Å². The first kappa shape index (κ1) is 12.2. The maximum atomic E-state index is 12.3. The summed E-state index contributed by atoms with van der Waals surface area (Å²) in [6, 6.07) is 7.74. The molecule has 1 fully saturated rings. The molecule has 0 aliphatic carbocycles. The van der Waals surface area contributed by atoms with E-state index in [0.29, 0.717) is 11.6 Å². The van der Waals surface area contributed by atoms with Gasteiger partial charge in [0.15, 0.2) is 5.69 Å². The van der Waals surface area contributed by atoms with Crippen LogP contribution in [0.25, 0.3) is 10.9 Å². The molecule has 2 heterocycles. The van der Waals surface area contributed by atoms with Crippen molar-refractivity contribution in [1.29, 1.82) is 0 Å². The molecule has 0 bridgehead atoms. The zero-order chi connectivity index (χ0) is 13.2. The van der Waals surface area contributed by atoms with Crippen LogP contribution in [-0.2, 0) is 4.74 Å². The maximum Gasteiger partial charge on any atom is 0.272 e. The first-order valence-corrected chi connectivity index (χ1v) is 6.57. The van der Waals surface area contributed by atoms with Crippen molar-refractivity contribution in [2.24, 2.45) is 5.92 Å². The summed E-state index contributed by atoms with van der Waals surface area (Å²) in [5.74, 6) is 0.269. The number of amides is 1. The number of nitrogens with zero attached hydrogens (tertiary/aromatic N) is 1. The number of nitrogens with one attached hydrogen (secondary N) is 2.